The Kier molecular flexibility index (Phi) is 3.72. The van der Waals surface area contributed by atoms with Crippen LogP contribution in [0.1, 0.15) is 5.56 Å². The number of halogens is 1. The van der Waals surface area contributed by atoms with E-state index in [1.54, 1.807) is 7.11 Å². The van der Waals surface area contributed by atoms with E-state index in [-0.39, 0.29) is 0 Å². The van der Waals surface area contributed by atoms with Crippen molar-refractivity contribution in [1.82, 2.24) is 9.88 Å². The standard InChI is InChI=1S/C14H15ClN2O/c1-17(2)7-6-10-8-14(15)16-13-5-4-11(18-3)9-12(10)13/h4-9H,1-3H3/b7-6+. The lowest BCUT2D eigenvalue weighted by Gasteiger charge is -2.07. The number of hydrogen-bond acceptors (Lipinski definition) is 3. The van der Waals surface area contributed by atoms with Gasteiger partial charge in [-0.25, -0.2) is 4.98 Å². The summed E-state index contributed by atoms with van der Waals surface area (Å²) in [7, 11) is 5.60. The molecule has 0 saturated carbocycles. The fraction of sp³-hybridized carbons (Fsp3) is 0.214. The van der Waals surface area contributed by atoms with Crippen molar-refractivity contribution < 1.29 is 4.74 Å². The lowest BCUT2D eigenvalue weighted by Crippen LogP contribution is -1.99. The quantitative estimate of drug-likeness (QED) is 0.793. The summed E-state index contributed by atoms with van der Waals surface area (Å²) in [6.07, 6.45) is 3.99. The van der Waals surface area contributed by atoms with Gasteiger partial charge in [-0.2, -0.15) is 0 Å². The number of benzene rings is 1. The molecular formula is C14H15ClN2O. The van der Waals surface area contributed by atoms with E-state index in [0.29, 0.717) is 5.15 Å². The first-order valence-electron chi connectivity index (χ1n) is 5.59. The SMILES string of the molecule is COc1ccc2nc(Cl)cc(/C=C/N(C)C)c2c1. The topological polar surface area (TPSA) is 25.4 Å². The van der Waals surface area contributed by atoms with E-state index in [1.165, 1.54) is 0 Å². The van der Waals surface area contributed by atoms with Gasteiger partial charge >= 0.3 is 0 Å². The van der Waals surface area contributed by atoms with E-state index in [9.17, 15) is 0 Å². The van der Waals surface area contributed by atoms with Crippen LogP contribution in [0.4, 0.5) is 0 Å². The lowest BCUT2D eigenvalue weighted by atomic mass is 10.1. The molecule has 1 aromatic carbocycles. The maximum Gasteiger partial charge on any atom is 0.130 e. The first-order chi connectivity index (χ1) is 8.60. The molecule has 0 atom stereocenters. The summed E-state index contributed by atoms with van der Waals surface area (Å²) >= 11 is 6.02. The number of aromatic nitrogens is 1. The molecule has 0 aliphatic heterocycles. The molecule has 2 aromatic rings. The van der Waals surface area contributed by atoms with Crippen molar-refractivity contribution in [2.75, 3.05) is 21.2 Å². The van der Waals surface area contributed by atoms with Gasteiger partial charge in [-0.3, -0.25) is 0 Å². The summed E-state index contributed by atoms with van der Waals surface area (Å²) in [4.78, 5) is 6.27. The van der Waals surface area contributed by atoms with Crippen LogP contribution in [0.3, 0.4) is 0 Å². The minimum Gasteiger partial charge on any atom is -0.497 e. The Morgan fingerprint density at radius 3 is 2.72 bits per heavy atom. The zero-order chi connectivity index (χ0) is 13.1. The smallest absolute Gasteiger partial charge is 0.130 e. The van der Waals surface area contributed by atoms with Crippen LogP contribution in [0.15, 0.2) is 30.5 Å². The molecule has 0 N–H and O–H groups in total. The normalized spacial score (nSPS) is 11.1. The predicted molar refractivity (Wildman–Crippen MR) is 76.0 cm³/mol. The van der Waals surface area contributed by atoms with Crippen LogP contribution in [0.25, 0.3) is 17.0 Å². The van der Waals surface area contributed by atoms with Crippen molar-refractivity contribution in [3.63, 3.8) is 0 Å². The van der Waals surface area contributed by atoms with Crippen LogP contribution in [0.5, 0.6) is 5.75 Å². The van der Waals surface area contributed by atoms with Gasteiger partial charge in [-0.05, 0) is 42.1 Å². The second kappa shape index (κ2) is 5.27. The second-order valence-corrected chi connectivity index (χ2v) is 4.58. The molecule has 0 amide bonds. The molecule has 0 unspecified atom stereocenters. The molecule has 1 aromatic heterocycles. The summed E-state index contributed by atoms with van der Waals surface area (Å²) < 4.78 is 5.24. The van der Waals surface area contributed by atoms with E-state index in [4.69, 9.17) is 16.3 Å². The first-order valence-corrected chi connectivity index (χ1v) is 5.97. The fourth-order valence-corrected chi connectivity index (χ4v) is 1.90. The summed E-state index contributed by atoms with van der Waals surface area (Å²) in [5.74, 6) is 0.811. The van der Waals surface area contributed by atoms with Gasteiger partial charge < -0.3 is 9.64 Å². The average molecular weight is 263 g/mol. The molecule has 1 heterocycles. The van der Waals surface area contributed by atoms with Crippen molar-refractivity contribution in [3.8, 4) is 5.75 Å². The third kappa shape index (κ3) is 2.74. The van der Waals surface area contributed by atoms with Crippen LogP contribution < -0.4 is 4.74 Å². The molecule has 0 spiro atoms. The van der Waals surface area contributed by atoms with Crippen LogP contribution in [-0.4, -0.2) is 31.1 Å². The van der Waals surface area contributed by atoms with E-state index in [2.05, 4.69) is 4.98 Å². The maximum atomic E-state index is 6.02. The molecule has 0 aliphatic carbocycles. The fourth-order valence-electron chi connectivity index (χ4n) is 1.69. The van der Waals surface area contributed by atoms with Crippen molar-refractivity contribution in [2.24, 2.45) is 0 Å². The van der Waals surface area contributed by atoms with Gasteiger partial charge in [-0.1, -0.05) is 11.6 Å². The highest BCUT2D eigenvalue weighted by Gasteiger charge is 2.04. The molecule has 0 bridgehead atoms. The summed E-state index contributed by atoms with van der Waals surface area (Å²) in [5, 5.41) is 1.52. The molecule has 3 nitrogen and oxygen atoms in total. The van der Waals surface area contributed by atoms with E-state index < -0.39 is 0 Å². The minimum absolute atomic E-state index is 0.492. The number of nitrogens with zero attached hydrogens (tertiary/aromatic N) is 2. The number of pyridine rings is 1. The van der Waals surface area contributed by atoms with Crippen molar-refractivity contribution >= 4 is 28.6 Å². The maximum absolute atomic E-state index is 6.02. The van der Waals surface area contributed by atoms with Gasteiger partial charge in [0, 0.05) is 19.5 Å². The molecule has 0 saturated heterocycles. The number of hydrogen-bond donors (Lipinski definition) is 0. The lowest BCUT2D eigenvalue weighted by molar-refractivity contribution is 0.415. The molecular weight excluding hydrogens is 248 g/mol. The molecule has 2 rings (SSSR count). The molecule has 0 fully saturated rings. The molecule has 0 radical (unpaired) electrons. The van der Waals surface area contributed by atoms with Crippen molar-refractivity contribution in [1.29, 1.82) is 0 Å². The molecule has 94 valence electrons. The molecule has 18 heavy (non-hydrogen) atoms. The summed E-state index contributed by atoms with van der Waals surface area (Å²) in [5.41, 5.74) is 1.89. The van der Waals surface area contributed by atoms with Crippen molar-refractivity contribution in [3.05, 3.63) is 41.2 Å². The van der Waals surface area contributed by atoms with Crippen LogP contribution in [0, 0.1) is 0 Å². The Bertz CT molecular complexity index is 594. The van der Waals surface area contributed by atoms with E-state index >= 15 is 0 Å². The van der Waals surface area contributed by atoms with Crippen LogP contribution in [0.2, 0.25) is 5.15 Å². The summed E-state index contributed by atoms with van der Waals surface area (Å²) in [6, 6.07) is 7.61. The highest BCUT2D eigenvalue weighted by Crippen LogP contribution is 2.26. The number of ether oxygens (including phenoxy) is 1. The number of methoxy groups -OCH3 is 1. The third-order valence-corrected chi connectivity index (χ3v) is 2.76. The van der Waals surface area contributed by atoms with E-state index in [1.807, 2.05) is 55.5 Å². The van der Waals surface area contributed by atoms with Gasteiger partial charge in [0.05, 0.1) is 12.6 Å². The van der Waals surface area contributed by atoms with Gasteiger partial charge in [-0.15, -0.1) is 0 Å². The Morgan fingerprint density at radius 2 is 2.06 bits per heavy atom. The van der Waals surface area contributed by atoms with Crippen LogP contribution in [-0.2, 0) is 0 Å². The average Bonchev–Trinajstić information content (AvgIpc) is 2.35. The van der Waals surface area contributed by atoms with Gasteiger partial charge in [0.15, 0.2) is 0 Å². The monoisotopic (exact) mass is 262 g/mol. The zero-order valence-corrected chi connectivity index (χ0v) is 11.4. The van der Waals surface area contributed by atoms with E-state index in [0.717, 1.165) is 22.2 Å². The second-order valence-electron chi connectivity index (χ2n) is 4.20. The summed E-state index contributed by atoms with van der Waals surface area (Å²) in [6.45, 7) is 0. The first kappa shape index (κ1) is 12.7. The van der Waals surface area contributed by atoms with Crippen LogP contribution >= 0.6 is 11.6 Å². The van der Waals surface area contributed by atoms with Gasteiger partial charge in [0.1, 0.15) is 10.9 Å². The Labute approximate surface area is 112 Å². The predicted octanol–water partition coefficient (Wildman–Crippen LogP) is 3.43. The molecule has 4 heteroatoms. The number of fused-ring (bicyclic) bond motifs is 1. The highest BCUT2D eigenvalue weighted by molar-refractivity contribution is 6.30. The minimum atomic E-state index is 0.492. The molecule has 0 aliphatic rings. The van der Waals surface area contributed by atoms with Gasteiger partial charge in [0.25, 0.3) is 0 Å². The van der Waals surface area contributed by atoms with Gasteiger partial charge in [0.2, 0.25) is 0 Å². The Hall–Kier alpha value is -1.74. The largest absolute Gasteiger partial charge is 0.497 e. The Morgan fingerprint density at radius 1 is 1.28 bits per heavy atom. The Balaban J connectivity index is 2.61. The number of rotatable bonds is 3. The highest BCUT2D eigenvalue weighted by atomic mass is 35.5. The zero-order valence-electron chi connectivity index (χ0n) is 10.6. The third-order valence-electron chi connectivity index (χ3n) is 2.57. The van der Waals surface area contributed by atoms with Crippen molar-refractivity contribution in [2.45, 2.75) is 0 Å².